The van der Waals surface area contributed by atoms with Crippen LogP contribution in [0.4, 0.5) is 9.59 Å². The summed E-state index contributed by atoms with van der Waals surface area (Å²) in [5.41, 5.74) is -3.98. The minimum Gasteiger partial charge on any atom is -0.497 e. The van der Waals surface area contributed by atoms with Gasteiger partial charge in [-0.2, -0.15) is 8.42 Å². The summed E-state index contributed by atoms with van der Waals surface area (Å²) < 4.78 is 54.9. The second-order valence-corrected chi connectivity index (χ2v) is 24.4. The number of aliphatic carboxylic acids is 1. The summed E-state index contributed by atoms with van der Waals surface area (Å²) >= 11 is 0. The van der Waals surface area contributed by atoms with Gasteiger partial charge < -0.3 is 44.9 Å². The van der Waals surface area contributed by atoms with Crippen LogP contribution in [0.5, 0.6) is 11.6 Å². The van der Waals surface area contributed by atoms with Gasteiger partial charge in [-0.15, -0.1) is 0 Å². The molecule has 7 rings (SSSR count). The molecule has 2 aromatic rings. The van der Waals surface area contributed by atoms with E-state index >= 15 is 0 Å². The molecule has 5 amide bonds. The van der Waals surface area contributed by atoms with Gasteiger partial charge in [-0.1, -0.05) is 65.7 Å². The summed E-state index contributed by atoms with van der Waals surface area (Å²) in [4.78, 5) is 85.3. The number of hydrogen-bond donors (Lipinski definition) is 5. The molecule has 20 nitrogen and oxygen atoms in total. The Hall–Kier alpha value is -5.44. The van der Waals surface area contributed by atoms with Crippen LogP contribution in [0.2, 0.25) is 0 Å². The number of benzene rings is 1. The van der Waals surface area contributed by atoms with Gasteiger partial charge in [0.05, 0.1) is 19.8 Å². The molecule has 4 aliphatic carbocycles. The van der Waals surface area contributed by atoms with Gasteiger partial charge in [0.25, 0.3) is 5.91 Å². The number of carboxylic acids is 1. The molecule has 1 aromatic heterocycles. The number of pyridine rings is 1. The molecule has 0 bridgehead atoms. The van der Waals surface area contributed by atoms with E-state index in [1.54, 1.807) is 60.9 Å². The van der Waals surface area contributed by atoms with Crippen molar-refractivity contribution in [3.8, 4) is 11.6 Å². The molecular weight excluding hydrogens is 965 g/mol. The van der Waals surface area contributed by atoms with Crippen molar-refractivity contribution in [1.82, 2.24) is 30.6 Å². The van der Waals surface area contributed by atoms with Gasteiger partial charge >= 0.3 is 28.5 Å². The highest BCUT2D eigenvalue weighted by molar-refractivity contribution is 7.85. The van der Waals surface area contributed by atoms with Crippen molar-refractivity contribution in [2.75, 3.05) is 13.7 Å². The number of carboxylic acid groups (broad SMARTS) is 1. The third-order valence-electron chi connectivity index (χ3n) is 14.6. The Morgan fingerprint density at radius 3 is 1.89 bits per heavy atom. The molecule has 21 heteroatoms. The molecule has 406 valence electrons. The average Bonchev–Trinajstić information content (AvgIpc) is 4.21. The van der Waals surface area contributed by atoms with Crippen LogP contribution < -0.4 is 30.1 Å². The standard InChI is InChI=1S/C38H53N5O10S.C14H25NO4/c1-7-24-21-38(24,34(46)42-54(48,49)53-25-11-12-25)41-31(44)29-20-27(51-32-28-14-13-26(50-6)19-23(28)15-18-39-32)22-43(29)33(45)30(37(5)16-9-8-10-17-37)40-35(47)52-36(2,3)4;1-13(2,3)19-12(18)15-10(11(16)17)14(4)8-6-5-7-9-14/h13-15,18-19,24-25,27,29-30H,7-12,16-17,20-22H2,1-6H3,(H,40,47)(H,41,44)(H,42,46);10H,5-9H2,1-4H3,(H,15,18)(H,16,17)/t24-,27-,29+,30-,38-;10-/m11/s1. The fraction of sp³-hybridized carbons (Fsp3) is 0.712. The second kappa shape index (κ2) is 22.6. The van der Waals surface area contributed by atoms with Gasteiger partial charge in [-0.3, -0.25) is 18.6 Å². The number of rotatable bonds is 16. The van der Waals surface area contributed by atoms with Gasteiger partial charge in [0.1, 0.15) is 46.7 Å². The van der Waals surface area contributed by atoms with Crippen LogP contribution in [0.1, 0.15) is 159 Å². The van der Waals surface area contributed by atoms with Gasteiger partial charge in [0.15, 0.2) is 0 Å². The summed E-state index contributed by atoms with van der Waals surface area (Å²) in [5.74, 6) is -2.37. The fourth-order valence-corrected chi connectivity index (χ4v) is 11.5. The van der Waals surface area contributed by atoms with E-state index in [2.05, 4.69) is 20.9 Å². The topological polar surface area (TPSA) is 267 Å². The van der Waals surface area contributed by atoms with Crippen LogP contribution in [0.3, 0.4) is 0 Å². The summed E-state index contributed by atoms with van der Waals surface area (Å²) in [6.07, 6.45) is 9.80. The van der Waals surface area contributed by atoms with E-state index in [0.717, 1.165) is 56.8 Å². The quantitative estimate of drug-likeness (QED) is 0.111. The molecule has 0 radical (unpaired) electrons. The lowest BCUT2D eigenvalue weighted by Gasteiger charge is -2.42. The summed E-state index contributed by atoms with van der Waals surface area (Å²) in [7, 11) is -2.82. The Morgan fingerprint density at radius 2 is 1.38 bits per heavy atom. The lowest BCUT2D eigenvalue weighted by molar-refractivity contribution is -0.144. The van der Waals surface area contributed by atoms with Crippen LogP contribution >= 0.6 is 0 Å². The maximum atomic E-state index is 14.9. The number of carbonyl (C=O) groups excluding carboxylic acids is 5. The first-order chi connectivity index (χ1) is 34.1. The number of nitrogens with one attached hydrogen (secondary N) is 4. The van der Waals surface area contributed by atoms with Gasteiger partial charge in [0, 0.05) is 18.0 Å². The average molecular weight is 1040 g/mol. The highest BCUT2D eigenvalue weighted by Gasteiger charge is 2.62. The van der Waals surface area contributed by atoms with Crippen LogP contribution in [0.15, 0.2) is 30.5 Å². The molecule has 1 saturated heterocycles. The smallest absolute Gasteiger partial charge is 0.408 e. The molecule has 5 fully saturated rings. The Kier molecular flexibility index (Phi) is 17.6. The summed E-state index contributed by atoms with van der Waals surface area (Å²) in [5, 5.41) is 19.1. The van der Waals surface area contributed by atoms with E-state index in [9.17, 15) is 42.3 Å². The number of amides is 5. The van der Waals surface area contributed by atoms with Crippen LogP contribution in [0, 0.1) is 16.7 Å². The zero-order valence-corrected chi connectivity index (χ0v) is 45.0. The Balaban J connectivity index is 0.000000385. The number of ether oxygens (including phenoxy) is 4. The van der Waals surface area contributed by atoms with Crippen LogP contribution in [0.25, 0.3) is 10.8 Å². The predicted molar refractivity (Wildman–Crippen MR) is 270 cm³/mol. The maximum absolute atomic E-state index is 14.9. The zero-order valence-electron chi connectivity index (χ0n) is 44.2. The molecule has 0 unspecified atom stereocenters. The second-order valence-electron chi connectivity index (χ2n) is 23.1. The van der Waals surface area contributed by atoms with E-state index in [-0.39, 0.29) is 30.7 Å². The van der Waals surface area contributed by atoms with Crippen LogP contribution in [-0.4, -0.2) is 120 Å². The normalized spacial score (nSPS) is 24.3. The van der Waals surface area contributed by atoms with Gasteiger partial charge in [-0.25, -0.2) is 24.1 Å². The minimum atomic E-state index is -4.39. The van der Waals surface area contributed by atoms with Crippen molar-refractivity contribution in [3.05, 3.63) is 30.5 Å². The summed E-state index contributed by atoms with van der Waals surface area (Å²) in [6, 6.07) is 4.24. The van der Waals surface area contributed by atoms with Crippen LogP contribution in [-0.2, 0) is 43.1 Å². The number of nitrogens with zero attached hydrogens (tertiary/aromatic N) is 2. The molecule has 1 aliphatic heterocycles. The molecule has 0 spiro atoms. The fourth-order valence-electron chi connectivity index (χ4n) is 10.4. The van der Waals surface area contributed by atoms with E-state index in [0.29, 0.717) is 49.1 Å². The predicted octanol–water partition coefficient (Wildman–Crippen LogP) is 7.22. The van der Waals surface area contributed by atoms with Crippen molar-refractivity contribution >= 4 is 57.0 Å². The molecular formula is C52H78N6O14S. The first-order valence-corrected chi connectivity index (χ1v) is 27.2. The Bertz CT molecular complexity index is 2460. The summed E-state index contributed by atoms with van der Waals surface area (Å²) in [6.45, 7) is 16.2. The van der Waals surface area contributed by atoms with E-state index < -0.39 is 98.7 Å². The molecule has 1 aromatic carbocycles. The third-order valence-corrected chi connectivity index (χ3v) is 15.6. The number of carbonyl (C=O) groups is 6. The SMILES string of the molecule is CC(C)(C)OC(=O)N[C@H](C(=O)O)C1(C)CCCCC1.CC[C@@H]1C[C@]1(NC(=O)[C@@H]1C[C@@H](Oc2nccc3cc(OC)ccc23)CN1C(=O)[C@@H](NC(=O)OC(C)(C)C)C1(C)CCCCC1)C(=O)NS(=O)(=O)OC1CC1. The van der Waals surface area contributed by atoms with E-state index in [1.165, 1.54) is 4.90 Å². The Labute approximate surface area is 429 Å². The number of likely N-dealkylation sites (tertiary alicyclic amines) is 1. The molecule has 6 atom stereocenters. The van der Waals surface area contributed by atoms with Crippen molar-refractivity contribution in [1.29, 1.82) is 0 Å². The maximum Gasteiger partial charge on any atom is 0.408 e. The first-order valence-electron chi connectivity index (χ1n) is 25.8. The van der Waals surface area contributed by atoms with Gasteiger partial charge in [-0.05, 0) is 133 Å². The van der Waals surface area contributed by atoms with Crippen molar-refractivity contribution in [2.24, 2.45) is 16.7 Å². The number of hydrogen-bond acceptors (Lipinski definition) is 14. The lowest BCUT2D eigenvalue weighted by atomic mass is 9.70. The molecule has 2 heterocycles. The molecule has 5 aliphatic rings. The molecule has 73 heavy (non-hydrogen) atoms. The van der Waals surface area contributed by atoms with Crippen molar-refractivity contribution in [2.45, 2.75) is 206 Å². The van der Waals surface area contributed by atoms with E-state index in [1.807, 2.05) is 43.7 Å². The molecule has 4 saturated carbocycles. The number of methoxy groups -OCH3 is 1. The minimum absolute atomic E-state index is 0.0201. The monoisotopic (exact) mass is 1040 g/mol. The highest BCUT2D eigenvalue weighted by Crippen LogP contribution is 2.47. The molecule has 5 N–H and O–H groups in total. The number of alkyl carbamates (subject to hydrolysis) is 2. The lowest BCUT2D eigenvalue weighted by Crippen LogP contribution is -2.61. The number of fused-ring (bicyclic) bond motifs is 1. The number of aromatic nitrogens is 1. The Morgan fingerprint density at radius 1 is 0.822 bits per heavy atom. The zero-order chi connectivity index (χ0) is 53.7. The third kappa shape index (κ3) is 14.9. The van der Waals surface area contributed by atoms with Crippen molar-refractivity contribution in [3.63, 3.8) is 0 Å². The van der Waals surface area contributed by atoms with Crippen molar-refractivity contribution < 1.29 is 65.4 Å². The largest absolute Gasteiger partial charge is 0.497 e. The van der Waals surface area contributed by atoms with Gasteiger partial charge in [0.2, 0.25) is 17.7 Å². The highest BCUT2D eigenvalue weighted by atomic mass is 32.2. The first kappa shape index (κ1) is 56.8. The van der Waals surface area contributed by atoms with E-state index in [4.69, 9.17) is 23.1 Å².